The van der Waals surface area contributed by atoms with Crippen LogP contribution in [0.5, 0.6) is 0 Å². The molecule has 28 heavy (non-hydrogen) atoms. The smallest absolute Gasteiger partial charge is 0.226 e. The second kappa shape index (κ2) is 9.19. The van der Waals surface area contributed by atoms with E-state index in [0.717, 1.165) is 35.6 Å². The minimum atomic E-state index is -0.132. The molecule has 0 bridgehead atoms. The molecule has 1 aromatic heterocycles. The quantitative estimate of drug-likeness (QED) is 0.810. The lowest BCUT2D eigenvalue weighted by molar-refractivity contribution is -0.132. The highest BCUT2D eigenvalue weighted by Gasteiger charge is 2.32. The van der Waals surface area contributed by atoms with Gasteiger partial charge in [-0.25, -0.2) is 4.98 Å². The van der Waals surface area contributed by atoms with Crippen LogP contribution < -0.4 is 10.2 Å². The Morgan fingerprint density at radius 3 is 2.68 bits per heavy atom. The summed E-state index contributed by atoms with van der Waals surface area (Å²) in [6.45, 7) is 2.96. The molecule has 0 radical (unpaired) electrons. The van der Waals surface area contributed by atoms with Gasteiger partial charge in [0.2, 0.25) is 11.8 Å². The van der Waals surface area contributed by atoms with E-state index in [4.69, 9.17) is 0 Å². The maximum Gasteiger partial charge on any atom is 0.226 e. The molecular weight excluding hydrogens is 372 g/mol. The average molecular weight is 401 g/mol. The highest BCUT2D eigenvalue weighted by molar-refractivity contribution is 7.09. The van der Waals surface area contributed by atoms with Gasteiger partial charge in [0.25, 0.3) is 0 Å². The highest BCUT2D eigenvalue weighted by Crippen LogP contribution is 2.31. The molecule has 0 spiro atoms. The predicted molar refractivity (Wildman–Crippen MR) is 112 cm³/mol. The van der Waals surface area contributed by atoms with E-state index >= 15 is 0 Å². The number of carbonyl (C=O) groups is 2. The molecule has 150 valence electrons. The van der Waals surface area contributed by atoms with Gasteiger partial charge in [-0.3, -0.25) is 9.59 Å². The topological polar surface area (TPSA) is 65.5 Å². The van der Waals surface area contributed by atoms with Crippen LogP contribution >= 0.6 is 11.3 Å². The van der Waals surface area contributed by atoms with Crippen molar-refractivity contribution in [1.82, 2.24) is 15.2 Å². The SMILES string of the molecule is CC(=O)NC(c1nccs1)C1CCCN(C(=O)Cc2ccc(N(C)C)cc2)C1. The lowest BCUT2D eigenvalue weighted by atomic mass is 9.90. The normalized spacial score (nSPS) is 17.8. The average Bonchev–Trinajstić information content (AvgIpc) is 3.21. The van der Waals surface area contributed by atoms with Gasteiger partial charge in [-0.1, -0.05) is 12.1 Å². The number of amides is 2. The molecule has 1 N–H and O–H groups in total. The fraction of sp³-hybridized carbons (Fsp3) is 0.476. The van der Waals surface area contributed by atoms with Gasteiger partial charge in [-0.2, -0.15) is 0 Å². The number of rotatable bonds is 6. The largest absolute Gasteiger partial charge is 0.378 e. The Hall–Kier alpha value is -2.41. The first-order valence-electron chi connectivity index (χ1n) is 9.64. The molecule has 2 unspecified atom stereocenters. The van der Waals surface area contributed by atoms with Gasteiger partial charge >= 0.3 is 0 Å². The van der Waals surface area contributed by atoms with Crippen LogP contribution in [0, 0.1) is 5.92 Å². The number of nitrogens with zero attached hydrogens (tertiary/aromatic N) is 3. The van der Waals surface area contributed by atoms with Gasteiger partial charge in [0.1, 0.15) is 5.01 Å². The molecule has 6 nitrogen and oxygen atoms in total. The molecule has 1 fully saturated rings. The lowest BCUT2D eigenvalue weighted by Gasteiger charge is -2.36. The molecule has 3 rings (SSSR count). The number of aromatic nitrogens is 1. The zero-order valence-electron chi connectivity index (χ0n) is 16.7. The van der Waals surface area contributed by atoms with Crippen molar-refractivity contribution in [3.05, 3.63) is 46.4 Å². The lowest BCUT2D eigenvalue weighted by Crippen LogP contribution is -2.45. The number of likely N-dealkylation sites (tertiary alicyclic amines) is 1. The zero-order valence-corrected chi connectivity index (χ0v) is 17.5. The third-order valence-corrected chi connectivity index (χ3v) is 6.02. The number of benzene rings is 1. The summed E-state index contributed by atoms with van der Waals surface area (Å²) in [6.07, 6.45) is 4.09. The number of thiazole rings is 1. The zero-order chi connectivity index (χ0) is 20.1. The van der Waals surface area contributed by atoms with Gasteiger partial charge in [0, 0.05) is 57.3 Å². The van der Waals surface area contributed by atoms with Crippen molar-refractivity contribution >= 4 is 28.8 Å². The van der Waals surface area contributed by atoms with Gasteiger partial charge in [-0.15, -0.1) is 11.3 Å². The van der Waals surface area contributed by atoms with E-state index in [1.165, 1.54) is 6.92 Å². The van der Waals surface area contributed by atoms with Gasteiger partial charge < -0.3 is 15.1 Å². The van der Waals surface area contributed by atoms with Crippen LogP contribution in [0.25, 0.3) is 0 Å². The molecule has 2 heterocycles. The van der Waals surface area contributed by atoms with Gasteiger partial charge in [0.05, 0.1) is 12.5 Å². The summed E-state index contributed by atoms with van der Waals surface area (Å²) in [4.78, 5) is 33.0. The molecular formula is C21H28N4O2S. The van der Waals surface area contributed by atoms with E-state index in [2.05, 4.69) is 10.3 Å². The molecule has 1 saturated heterocycles. The van der Waals surface area contributed by atoms with E-state index in [1.54, 1.807) is 17.5 Å². The van der Waals surface area contributed by atoms with Crippen molar-refractivity contribution < 1.29 is 9.59 Å². The van der Waals surface area contributed by atoms with Crippen molar-refractivity contribution in [2.24, 2.45) is 5.92 Å². The Morgan fingerprint density at radius 2 is 2.07 bits per heavy atom. The summed E-state index contributed by atoms with van der Waals surface area (Å²) >= 11 is 1.55. The van der Waals surface area contributed by atoms with Crippen molar-refractivity contribution in [2.75, 3.05) is 32.1 Å². The first kappa shape index (κ1) is 20.3. The molecule has 1 aliphatic heterocycles. The molecule has 7 heteroatoms. The van der Waals surface area contributed by atoms with Crippen molar-refractivity contribution in [3.8, 4) is 0 Å². The van der Waals surface area contributed by atoms with Crippen LogP contribution in [0.3, 0.4) is 0 Å². The maximum absolute atomic E-state index is 12.9. The number of hydrogen-bond donors (Lipinski definition) is 1. The molecule has 0 aliphatic carbocycles. The Labute approximate surface area is 170 Å². The number of nitrogens with one attached hydrogen (secondary N) is 1. The standard InChI is InChI=1S/C21H28N4O2S/c1-15(26)23-20(21-22-10-12-28-21)17-5-4-11-25(14-17)19(27)13-16-6-8-18(9-7-16)24(2)3/h6-10,12,17,20H,4-5,11,13-14H2,1-3H3,(H,23,26). The number of piperidine rings is 1. The van der Waals surface area contributed by atoms with E-state index < -0.39 is 0 Å². The molecule has 1 aromatic carbocycles. The highest BCUT2D eigenvalue weighted by atomic mass is 32.1. The van der Waals surface area contributed by atoms with E-state index in [9.17, 15) is 9.59 Å². The van der Waals surface area contributed by atoms with Gasteiger partial charge in [-0.05, 0) is 30.5 Å². The molecule has 2 aromatic rings. The summed E-state index contributed by atoms with van der Waals surface area (Å²) in [5.41, 5.74) is 2.15. The Kier molecular flexibility index (Phi) is 6.67. The second-order valence-corrected chi connectivity index (χ2v) is 8.45. The maximum atomic E-state index is 12.9. The summed E-state index contributed by atoms with van der Waals surface area (Å²) < 4.78 is 0. The Balaban J connectivity index is 1.66. The first-order valence-corrected chi connectivity index (χ1v) is 10.5. The van der Waals surface area contributed by atoms with Crippen LogP contribution in [0.15, 0.2) is 35.8 Å². The van der Waals surface area contributed by atoms with Crippen LogP contribution in [0.4, 0.5) is 5.69 Å². The van der Waals surface area contributed by atoms with Crippen molar-refractivity contribution in [2.45, 2.75) is 32.2 Å². The molecule has 2 atom stereocenters. The first-order chi connectivity index (χ1) is 13.4. The minimum absolute atomic E-state index is 0.0652. The van der Waals surface area contributed by atoms with Crippen LogP contribution in [0.2, 0.25) is 0 Å². The number of carbonyl (C=O) groups excluding carboxylic acids is 2. The van der Waals surface area contributed by atoms with Crippen LogP contribution in [-0.4, -0.2) is 48.9 Å². The Morgan fingerprint density at radius 1 is 1.32 bits per heavy atom. The van der Waals surface area contributed by atoms with E-state index in [-0.39, 0.29) is 23.8 Å². The number of anilines is 1. The monoisotopic (exact) mass is 400 g/mol. The third kappa shape index (κ3) is 5.10. The predicted octanol–water partition coefficient (Wildman–Crippen LogP) is 2.87. The van der Waals surface area contributed by atoms with E-state index in [1.807, 2.05) is 53.5 Å². The molecule has 2 amide bonds. The summed E-state index contributed by atoms with van der Waals surface area (Å²) in [5.74, 6) is 0.261. The van der Waals surface area contributed by atoms with Crippen LogP contribution in [0.1, 0.15) is 36.4 Å². The van der Waals surface area contributed by atoms with E-state index in [0.29, 0.717) is 13.0 Å². The third-order valence-electron chi connectivity index (χ3n) is 5.17. The minimum Gasteiger partial charge on any atom is -0.378 e. The number of hydrogen-bond acceptors (Lipinski definition) is 5. The summed E-state index contributed by atoms with van der Waals surface area (Å²) in [6, 6.07) is 7.98. The summed E-state index contributed by atoms with van der Waals surface area (Å²) in [5, 5.41) is 5.88. The second-order valence-electron chi connectivity index (χ2n) is 7.53. The van der Waals surface area contributed by atoms with Crippen molar-refractivity contribution in [1.29, 1.82) is 0 Å². The van der Waals surface area contributed by atoms with Crippen molar-refractivity contribution in [3.63, 3.8) is 0 Å². The molecule has 0 saturated carbocycles. The Bertz CT molecular complexity index is 789. The fourth-order valence-electron chi connectivity index (χ4n) is 3.70. The van der Waals surface area contributed by atoms with Gasteiger partial charge in [0.15, 0.2) is 0 Å². The van der Waals surface area contributed by atoms with Crippen LogP contribution in [-0.2, 0) is 16.0 Å². The fourth-order valence-corrected chi connectivity index (χ4v) is 4.48. The summed E-state index contributed by atoms with van der Waals surface area (Å²) in [7, 11) is 4.00. The molecule has 1 aliphatic rings.